The Hall–Kier alpha value is -1.68. The molecule has 4 nitrogen and oxygen atoms in total. The molecule has 0 fully saturated rings. The third-order valence-corrected chi connectivity index (χ3v) is 2.70. The zero-order valence-corrected chi connectivity index (χ0v) is 10.7. The molecule has 0 saturated heterocycles. The van der Waals surface area contributed by atoms with Crippen LogP contribution in [0.2, 0.25) is 0 Å². The van der Waals surface area contributed by atoms with Crippen LogP contribution < -0.4 is 19.5 Å². The fourth-order valence-electron chi connectivity index (χ4n) is 1.75. The predicted octanol–water partition coefficient (Wildman–Crippen LogP) is 2.48. The predicted molar refractivity (Wildman–Crippen MR) is 70.3 cm³/mol. The number of fused-ring (bicyclic) bond motifs is 1. The first-order valence-electron chi connectivity index (χ1n) is 6.22. The Morgan fingerprint density at radius 3 is 2.89 bits per heavy atom. The molecule has 1 aromatic carbocycles. The van der Waals surface area contributed by atoms with Crippen molar-refractivity contribution in [3.05, 3.63) is 30.4 Å². The summed E-state index contributed by atoms with van der Waals surface area (Å²) >= 11 is 0. The monoisotopic (exact) mass is 249 g/mol. The number of hydrogen-bond donors (Lipinski definition) is 1. The van der Waals surface area contributed by atoms with E-state index >= 15 is 0 Å². The number of rotatable bonds is 7. The topological polar surface area (TPSA) is 39.7 Å². The van der Waals surface area contributed by atoms with Gasteiger partial charge in [0.2, 0.25) is 6.79 Å². The highest BCUT2D eigenvalue weighted by Crippen LogP contribution is 2.38. The van der Waals surface area contributed by atoms with Gasteiger partial charge in [0.05, 0.1) is 6.61 Å². The second kappa shape index (κ2) is 6.31. The van der Waals surface area contributed by atoms with Gasteiger partial charge in [-0.1, -0.05) is 13.0 Å². The molecule has 0 spiro atoms. The van der Waals surface area contributed by atoms with Crippen LogP contribution in [0.3, 0.4) is 0 Å². The Morgan fingerprint density at radius 1 is 1.39 bits per heavy atom. The molecule has 0 aliphatic carbocycles. The molecule has 0 bridgehead atoms. The van der Waals surface area contributed by atoms with Gasteiger partial charge in [-0.15, -0.1) is 6.58 Å². The highest BCUT2D eigenvalue weighted by Gasteiger charge is 2.17. The molecule has 0 radical (unpaired) electrons. The molecule has 18 heavy (non-hydrogen) atoms. The summed E-state index contributed by atoms with van der Waals surface area (Å²) in [6, 6.07) is 3.88. The minimum absolute atomic E-state index is 0.284. The van der Waals surface area contributed by atoms with Gasteiger partial charge in [-0.25, -0.2) is 0 Å². The average Bonchev–Trinajstić information content (AvgIpc) is 2.83. The third kappa shape index (κ3) is 2.96. The first kappa shape index (κ1) is 12.8. The lowest BCUT2D eigenvalue weighted by atomic mass is 10.1. The van der Waals surface area contributed by atoms with Gasteiger partial charge < -0.3 is 19.5 Å². The lowest BCUT2D eigenvalue weighted by Gasteiger charge is -2.12. The van der Waals surface area contributed by atoms with Gasteiger partial charge in [0, 0.05) is 18.2 Å². The van der Waals surface area contributed by atoms with Crippen LogP contribution in [0.5, 0.6) is 17.2 Å². The van der Waals surface area contributed by atoms with Crippen LogP contribution in [0.15, 0.2) is 24.8 Å². The molecular formula is C14H19NO3. The molecule has 4 heteroatoms. The quantitative estimate of drug-likeness (QED) is 0.595. The smallest absolute Gasteiger partial charge is 0.231 e. The number of ether oxygens (including phenoxy) is 3. The summed E-state index contributed by atoms with van der Waals surface area (Å²) in [7, 11) is 0. The minimum Gasteiger partial charge on any atom is -0.493 e. The summed E-state index contributed by atoms with van der Waals surface area (Å²) in [5.41, 5.74) is 1.09. The normalized spacial score (nSPS) is 12.5. The molecule has 0 saturated carbocycles. The van der Waals surface area contributed by atoms with Crippen LogP contribution >= 0.6 is 0 Å². The van der Waals surface area contributed by atoms with Gasteiger partial charge in [0.1, 0.15) is 5.75 Å². The van der Waals surface area contributed by atoms with Crippen molar-refractivity contribution >= 4 is 0 Å². The van der Waals surface area contributed by atoms with Crippen LogP contribution in [-0.4, -0.2) is 19.9 Å². The van der Waals surface area contributed by atoms with Crippen molar-refractivity contribution in [2.24, 2.45) is 0 Å². The second-order valence-corrected chi connectivity index (χ2v) is 4.02. The van der Waals surface area contributed by atoms with Crippen molar-refractivity contribution in [2.75, 3.05) is 19.9 Å². The summed E-state index contributed by atoms with van der Waals surface area (Å²) in [5.74, 6) is 2.39. The fraction of sp³-hybridized carbons (Fsp3) is 0.429. The van der Waals surface area contributed by atoms with E-state index in [1.807, 2.05) is 18.2 Å². The zero-order chi connectivity index (χ0) is 12.8. The van der Waals surface area contributed by atoms with Gasteiger partial charge in [-0.2, -0.15) is 0 Å². The van der Waals surface area contributed by atoms with Crippen molar-refractivity contribution < 1.29 is 14.2 Å². The zero-order valence-electron chi connectivity index (χ0n) is 10.7. The first-order valence-corrected chi connectivity index (χ1v) is 6.22. The second-order valence-electron chi connectivity index (χ2n) is 4.02. The molecule has 0 atom stereocenters. The highest BCUT2D eigenvalue weighted by molar-refractivity contribution is 5.51. The van der Waals surface area contributed by atoms with Crippen molar-refractivity contribution in [1.29, 1.82) is 0 Å². The van der Waals surface area contributed by atoms with Crippen LogP contribution in [0.1, 0.15) is 18.9 Å². The van der Waals surface area contributed by atoms with E-state index in [1.54, 1.807) is 0 Å². The van der Waals surface area contributed by atoms with Gasteiger partial charge >= 0.3 is 0 Å². The van der Waals surface area contributed by atoms with Crippen LogP contribution in [0.25, 0.3) is 0 Å². The molecule has 0 amide bonds. The molecule has 2 rings (SSSR count). The maximum atomic E-state index is 5.75. The summed E-state index contributed by atoms with van der Waals surface area (Å²) < 4.78 is 16.5. The van der Waals surface area contributed by atoms with Crippen LogP contribution in [0, 0.1) is 0 Å². The third-order valence-electron chi connectivity index (χ3n) is 2.70. The van der Waals surface area contributed by atoms with Crippen LogP contribution in [0.4, 0.5) is 0 Å². The van der Waals surface area contributed by atoms with E-state index in [2.05, 4.69) is 18.8 Å². The summed E-state index contributed by atoms with van der Waals surface area (Å²) in [5, 5.41) is 3.29. The standard InChI is InChI=1S/C14H19NO3/c1-3-5-6-16-12-8-14-13(17-10-18-14)7-11(12)9-15-4-2/h3,7-8,15H,1,4-6,9-10H2,2H3. The molecule has 0 aromatic heterocycles. The molecule has 98 valence electrons. The molecule has 1 aromatic rings. The summed E-state index contributed by atoms with van der Waals surface area (Å²) in [6.45, 7) is 8.35. The van der Waals surface area contributed by atoms with E-state index in [1.165, 1.54) is 0 Å². The van der Waals surface area contributed by atoms with E-state index in [4.69, 9.17) is 14.2 Å². The molecule has 1 aliphatic rings. The summed E-state index contributed by atoms with van der Waals surface area (Å²) in [4.78, 5) is 0. The van der Waals surface area contributed by atoms with E-state index < -0.39 is 0 Å². The lowest BCUT2D eigenvalue weighted by Crippen LogP contribution is -2.13. The molecule has 1 heterocycles. The number of hydrogen-bond acceptors (Lipinski definition) is 4. The Morgan fingerprint density at radius 2 is 2.17 bits per heavy atom. The van der Waals surface area contributed by atoms with E-state index in [0.717, 1.165) is 42.3 Å². The van der Waals surface area contributed by atoms with Crippen molar-refractivity contribution in [2.45, 2.75) is 19.9 Å². The Balaban J connectivity index is 2.15. The van der Waals surface area contributed by atoms with E-state index in [-0.39, 0.29) is 6.79 Å². The molecular weight excluding hydrogens is 230 g/mol. The van der Waals surface area contributed by atoms with Gasteiger partial charge in [0.15, 0.2) is 11.5 Å². The van der Waals surface area contributed by atoms with E-state index in [0.29, 0.717) is 6.61 Å². The van der Waals surface area contributed by atoms with Gasteiger partial charge in [-0.05, 0) is 19.0 Å². The first-order chi connectivity index (χ1) is 8.85. The largest absolute Gasteiger partial charge is 0.493 e. The van der Waals surface area contributed by atoms with Crippen molar-refractivity contribution in [1.82, 2.24) is 5.32 Å². The Labute approximate surface area is 108 Å². The summed E-state index contributed by atoms with van der Waals surface area (Å²) in [6.07, 6.45) is 2.67. The molecule has 1 aliphatic heterocycles. The Kier molecular flexibility index (Phi) is 4.47. The van der Waals surface area contributed by atoms with Gasteiger partial charge in [0.25, 0.3) is 0 Å². The highest BCUT2D eigenvalue weighted by atomic mass is 16.7. The van der Waals surface area contributed by atoms with Crippen molar-refractivity contribution in [3.8, 4) is 17.2 Å². The molecule has 0 unspecified atom stereocenters. The van der Waals surface area contributed by atoms with Crippen LogP contribution in [-0.2, 0) is 6.54 Å². The minimum atomic E-state index is 0.284. The van der Waals surface area contributed by atoms with E-state index in [9.17, 15) is 0 Å². The fourth-order valence-corrected chi connectivity index (χ4v) is 1.75. The number of nitrogens with one attached hydrogen (secondary N) is 1. The van der Waals surface area contributed by atoms with Crippen molar-refractivity contribution in [3.63, 3.8) is 0 Å². The lowest BCUT2D eigenvalue weighted by molar-refractivity contribution is 0.173. The van der Waals surface area contributed by atoms with Gasteiger partial charge in [-0.3, -0.25) is 0 Å². The maximum absolute atomic E-state index is 5.75. The Bertz CT molecular complexity index is 418. The molecule has 1 N–H and O–H groups in total. The number of benzene rings is 1. The average molecular weight is 249 g/mol. The maximum Gasteiger partial charge on any atom is 0.231 e. The SMILES string of the molecule is C=CCCOc1cc2c(cc1CNCC)OCO2.